The van der Waals surface area contributed by atoms with E-state index in [0.29, 0.717) is 0 Å². The Labute approximate surface area is 110 Å². The Balaban J connectivity index is 2.51. The first kappa shape index (κ1) is 12.7. The maximum absolute atomic E-state index is 2.38. The van der Waals surface area contributed by atoms with Gasteiger partial charge in [-0.15, -0.1) is 0 Å². The summed E-state index contributed by atoms with van der Waals surface area (Å²) < 4.78 is 0. The van der Waals surface area contributed by atoms with Crippen LogP contribution in [0.2, 0.25) is 0 Å². The van der Waals surface area contributed by atoms with Gasteiger partial charge in [0.2, 0.25) is 0 Å². The molecule has 2 aromatic rings. The molecule has 0 heterocycles. The number of anilines is 2. The van der Waals surface area contributed by atoms with Crippen LogP contribution >= 0.6 is 0 Å². The Bertz CT molecular complexity index is 509. The lowest BCUT2D eigenvalue weighted by Crippen LogP contribution is -2.37. The zero-order chi connectivity index (χ0) is 13.2. The number of benzene rings is 2. The van der Waals surface area contributed by atoms with Crippen molar-refractivity contribution in [3.05, 3.63) is 60.2 Å². The first-order valence-electron chi connectivity index (χ1n) is 6.40. The standard InChI is InChI=1S/C17H21N/c1-14-9-8-12-16(13-14)18(17(2,3)4)15-10-6-5-7-11-15/h5-13H,1-4H3. The normalized spacial score (nSPS) is 11.3. The van der Waals surface area contributed by atoms with Gasteiger partial charge in [0.25, 0.3) is 0 Å². The largest absolute Gasteiger partial charge is 0.336 e. The number of nitrogens with zero attached hydrogens (tertiary/aromatic N) is 1. The first-order valence-corrected chi connectivity index (χ1v) is 6.40. The van der Waals surface area contributed by atoms with Gasteiger partial charge in [0.1, 0.15) is 0 Å². The van der Waals surface area contributed by atoms with Gasteiger partial charge in [0.15, 0.2) is 0 Å². The van der Waals surface area contributed by atoms with Crippen LogP contribution in [0.4, 0.5) is 11.4 Å². The molecule has 2 rings (SSSR count). The third kappa shape index (κ3) is 2.73. The van der Waals surface area contributed by atoms with Gasteiger partial charge in [-0.1, -0.05) is 30.3 Å². The van der Waals surface area contributed by atoms with Crippen molar-refractivity contribution in [3.8, 4) is 0 Å². The van der Waals surface area contributed by atoms with Gasteiger partial charge in [0.05, 0.1) is 0 Å². The highest BCUT2D eigenvalue weighted by Gasteiger charge is 2.23. The highest BCUT2D eigenvalue weighted by molar-refractivity contribution is 5.65. The van der Waals surface area contributed by atoms with Gasteiger partial charge >= 0.3 is 0 Å². The van der Waals surface area contributed by atoms with Gasteiger partial charge in [-0.3, -0.25) is 0 Å². The second-order valence-corrected chi connectivity index (χ2v) is 5.68. The summed E-state index contributed by atoms with van der Waals surface area (Å²) in [5.74, 6) is 0. The van der Waals surface area contributed by atoms with Crippen molar-refractivity contribution in [3.63, 3.8) is 0 Å². The van der Waals surface area contributed by atoms with Crippen LogP contribution in [0, 0.1) is 6.92 Å². The molecule has 0 saturated heterocycles. The van der Waals surface area contributed by atoms with Crippen molar-refractivity contribution in [1.29, 1.82) is 0 Å². The Morgan fingerprint density at radius 1 is 0.778 bits per heavy atom. The molecule has 1 nitrogen and oxygen atoms in total. The van der Waals surface area contributed by atoms with Crippen LogP contribution in [0.1, 0.15) is 26.3 Å². The zero-order valence-corrected chi connectivity index (χ0v) is 11.6. The number of aryl methyl sites for hydroxylation is 1. The molecule has 0 aliphatic heterocycles. The van der Waals surface area contributed by atoms with E-state index in [1.54, 1.807) is 0 Å². The third-order valence-corrected chi connectivity index (χ3v) is 2.95. The Hall–Kier alpha value is -1.76. The second-order valence-electron chi connectivity index (χ2n) is 5.68. The maximum atomic E-state index is 2.38. The quantitative estimate of drug-likeness (QED) is 0.718. The molecular formula is C17H21N. The lowest BCUT2D eigenvalue weighted by molar-refractivity contribution is 0.560. The summed E-state index contributed by atoms with van der Waals surface area (Å²) in [6.07, 6.45) is 0. The molecule has 0 fully saturated rings. The van der Waals surface area contributed by atoms with Crippen LogP contribution in [0.5, 0.6) is 0 Å². The summed E-state index contributed by atoms with van der Waals surface area (Å²) in [5, 5.41) is 0. The van der Waals surface area contributed by atoms with Crippen LogP contribution in [-0.2, 0) is 0 Å². The monoisotopic (exact) mass is 239 g/mol. The Morgan fingerprint density at radius 2 is 1.39 bits per heavy atom. The number of hydrogen-bond donors (Lipinski definition) is 0. The average molecular weight is 239 g/mol. The molecule has 0 unspecified atom stereocenters. The fraction of sp³-hybridized carbons (Fsp3) is 0.294. The topological polar surface area (TPSA) is 3.24 Å². The van der Waals surface area contributed by atoms with E-state index in [-0.39, 0.29) is 5.54 Å². The molecule has 18 heavy (non-hydrogen) atoms. The van der Waals surface area contributed by atoms with Gasteiger partial charge < -0.3 is 4.90 Å². The molecule has 0 radical (unpaired) electrons. The molecule has 1 heteroatoms. The molecule has 94 valence electrons. The van der Waals surface area contributed by atoms with Crippen LogP contribution in [0.3, 0.4) is 0 Å². The lowest BCUT2D eigenvalue weighted by atomic mass is 10.0. The molecule has 0 bridgehead atoms. The molecule has 0 aliphatic carbocycles. The van der Waals surface area contributed by atoms with Crippen LogP contribution in [-0.4, -0.2) is 5.54 Å². The minimum absolute atomic E-state index is 0.0507. The fourth-order valence-corrected chi connectivity index (χ4v) is 2.27. The molecule has 0 amide bonds. The van der Waals surface area contributed by atoms with E-state index in [1.165, 1.54) is 16.9 Å². The van der Waals surface area contributed by atoms with Gasteiger partial charge in [-0.05, 0) is 57.5 Å². The summed E-state index contributed by atoms with van der Waals surface area (Å²) >= 11 is 0. The van der Waals surface area contributed by atoms with E-state index in [4.69, 9.17) is 0 Å². The van der Waals surface area contributed by atoms with E-state index in [0.717, 1.165) is 0 Å². The summed E-state index contributed by atoms with van der Waals surface area (Å²) in [4.78, 5) is 2.38. The van der Waals surface area contributed by atoms with Gasteiger partial charge in [0, 0.05) is 16.9 Å². The van der Waals surface area contributed by atoms with Crippen molar-refractivity contribution in [1.82, 2.24) is 0 Å². The molecule has 0 spiro atoms. The van der Waals surface area contributed by atoms with E-state index < -0.39 is 0 Å². The highest BCUT2D eigenvalue weighted by atomic mass is 15.2. The second kappa shape index (κ2) is 4.85. The van der Waals surface area contributed by atoms with Crippen LogP contribution in [0.25, 0.3) is 0 Å². The van der Waals surface area contributed by atoms with Gasteiger partial charge in [-0.2, -0.15) is 0 Å². The zero-order valence-electron chi connectivity index (χ0n) is 11.6. The fourth-order valence-electron chi connectivity index (χ4n) is 2.27. The molecule has 0 atom stereocenters. The maximum Gasteiger partial charge on any atom is 0.0418 e. The minimum Gasteiger partial charge on any atom is -0.336 e. The van der Waals surface area contributed by atoms with Crippen molar-refractivity contribution < 1.29 is 0 Å². The molecule has 2 aromatic carbocycles. The third-order valence-electron chi connectivity index (χ3n) is 2.95. The molecular weight excluding hydrogens is 218 g/mol. The van der Waals surface area contributed by atoms with Crippen molar-refractivity contribution in [2.24, 2.45) is 0 Å². The number of hydrogen-bond acceptors (Lipinski definition) is 1. The van der Waals surface area contributed by atoms with E-state index in [9.17, 15) is 0 Å². The summed E-state index contributed by atoms with van der Waals surface area (Å²) in [6, 6.07) is 19.2. The Morgan fingerprint density at radius 3 is 1.94 bits per heavy atom. The van der Waals surface area contributed by atoms with E-state index in [2.05, 4.69) is 87.2 Å². The number of rotatable bonds is 2. The molecule has 0 saturated carbocycles. The first-order chi connectivity index (χ1) is 8.48. The predicted molar refractivity (Wildman–Crippen MR) is 79.5 cm³/mol. The summed E-state index contributed by atoms with van der Waals surface area (Å²) in [5.41, 5.74) is 3.82. The summed E-state index contributed by atoms with van der Waals surface area (Å²) in [7, 11) is 0. The number of para-hydroxylation sites is 1. The molecule has 0 aromatic heterocycles. The van der Waals surface area contributed by atoms with Gasteiger partial charge in [-0.25, -0.2) is 0 Å². The SMILES string of the molecule is Cc1cccc(N(c2ccccc2)C(C)(C)C)c1. The summed E-state index contributed by atoms with van der Waals surface area (Å²) in [6.45, 7) is 8.85. The molecule has 0 N–H and O–H groups in total. The molecule has 0 aliphatic rings. The smallest absolute Gasteiger partial charge is 0.0418 e. The van der Waals surface area contributed by atoms with E-state index >= 15 is 0 Å². The Kier molecular flexibility index (Phi) is 3.42. The lowest BCUT2D eigenvalue weighted by Gasteiger charge is -2.38. The van der Waals surface area contributed by atoms with Crippen LogP contribution in [0.15, 0.2) is 54.6 Å². The highest BCUT2D eigenvalue weighted by Crippen LogP contribution is 2.33. The predicted octanol–water partition coefficient (Wildman–Crippen LogP) is 4.93. The van der Waals surface area contributed by atoms with E-state index in [1.807, 2.05) is 0 Å². The van der Waals surface area contributed by atoms with Crippen molar-refractivity contribution >= 4 is 11.4 Å². The average Bonchev–Trinajstić information content (AvgIpc) is 2.28. The minimum atomic E-state index is 0.0507. The van der Waals surface area contributed by atoms with Crippen LogP contribution < -0.4 is 4.90 Å². The van der Waals surface area contributed by atoms with Crippen molar-refractivity contribution in [2.75, 3.05) is 4.90 Å². The van der Waals surface area contributed by atoms with Crippen molar-refractivity contribution in [2.45, 2.75) is 33.2 Å².